The summed E-state index contributed by atoms with van der Waals surface area (Å²) in [5.41, 5.74) is 0.995. The number of hydrogen-bond donors (Lipinski definition) is 0. The second kappa shape index (κ2) is 17.7. The zero-order valence-electron chi connectivity index (χ0n) is 32.9. The molecule has 59 heavy (non-hydrogen) atoms. The minimum atomic E-state index is -4.90. The molecule has 2 aromatic rings. The number of hydroxylamine groups is 2. The van der Waals surface area contributed by atoms with E-state index in [-0.39, 0.29) is 64.8 Å². The molecule has 5 rings (SSSR count). The maximum absolute atomic E-state index is 12.8. The quantitative estimate of drug-likeness (QED) is 0.111. The van der Waals surface area contributed by atoms with Gasteiger partial charge in [0.15, 0.2) is 12.3 Å². The molecule has 2 aromatic carbocycles. The van der Waals surface area contributed by atoms with E-state index in [0.29, 0.717) is 45.4 Å². The number of carbonyl (C=O) groups excluding carboxylic acids is 3. The van der Waals surface area contributed by atoms with Gasteiger partial charge in [0, 0.05) is 86.9 Å². The fourth-order valence-electron chi connectivity index (χ4n) is 7.89. The van der Waals surface area contributed by atoms with Gasteiger partial charge >= 0.3 is 5.97 Å². The highest BCUT2D eigenvalue weighted by molar-refractivity contribution is 7.86. The van der Waals surface area contributed by atoms with Gasteiger partial charge in [0.05, 0.1) is 25.3 Å². The summed E-state index contributed by atoms with van der Waals surface area (Å²) in [6.07, 6.45) is 5.22. The summed E-state index contributed by atoms with van der Waals surface area (Å²) in [6.45, 7) is 4.39. The molecule has 3 aliphatic heterocycles. The SMILES string of the molecule is COCC[N+]1=C(C=CC=C2N(CCCC(=O)ON3C(=O)CCC3=O)c3ccc(S(=O)(=O)[O-])cc3C2(C)CCOC)C(C)(CCCS(=O)(=O)[O-])c2cc(S(=O)(=O)[O-])ccc21. The molecule has 2 unspecified atom stereocenters. The summed E-state index contributed by atoms with van der Waals surface area (Å²) in [7, 11) is -11.4. The van der Waals surface area contributed by atoms with Crippen LogP contribution in [-0.4, -0.2) is 118 Å². The number of imide groups is 1. The van der Waals surface area contributed by atoms with Gasteiger partial charge in [-0.25, -0.2) is 30.0 Å². The van der Waals surface area contributed by atoms with Gasteiger partial charge in [-0.2, -0.15) is 4.58 Å². The third-order valence-corrected chi connectivity index (χ3v) is 13.3. The Balaban J connectivity index is 1.61. The Morgan fingerprint density at radius 3 is 2.03 bits per heavy atom. The number of fused-ring (bicyclic) bond motifs is 2. The zero-order valence-corrected chi connectivity index (χ0v) is 35.3. The van der Waals surface area contributed by atoms with E-state index in [1.54, 1.807) is 25.2 Å². The summed E-state index contributed by atoms with van der Waals surface area (Å²) >= 11 is 0. The van der Waals surface area contributed by atoms with Crippen molar-refractivity contribution in [1.82, 2.24) is 5.06 Å². The maximum atomic E-state index is 12.8. The molecule has 322 valence electrons. The number of nitrogens with zero attached hydrogens (tertiary/aromatic N) is 3. The molecule has 1 fully saturated rings. The lowest BCUT2D eigenvalue weighted by atomic mass is 9.75. The highest BCUT2D eigenvalue weighted by Gasteiger charge is 2.48. The molecule has 2 atom stereocenters. The van der Waals surface area contributed by atoms with E-state index in [1.807, 2.05) is 16.4 Å². The van der Waals surface area contributed by atoms with Crippen LogP contribution in [0.5, 0.6) is 0 Å². The monoisotopic (exact) mass is 879 g/mol. The highest BCUT2D eigenvalue weighted by atomic mass is 32.2. The Hall–Kier alpha value is -4.35. The third kappa shape index (κ3) is 10.00. The number of ether oxygens (including phenoxy) is 2. The van der Waals surface area contributed by atoms with Gasteiger partial charge in [0.1, 0.15) is 26.8 Å². The molecule has 0 aromatic heterocycles. The van der Waals surface area contributed by atoms with Crippen LogP contribution in [0.3, 0.4) is 0 Å². The molecular weight excluding hydrogens is 835 g/mol. The third-order valence-electron chi connectivity index (χ3n) is 10.9. The number of methoxy groups -OCH3 is 2. The van der Waals surface area contributed by atoms with E-state index in [2.05, 4.69) is 0 Å². The second-order valence-corrected chi connectivity index (χ2v) is 19.1. The minimum absolute atomic E-state index is 0.0594. The standard InChI is InChI=1S/C38H47N3O15S3/c1-37(17-7-23-57(45,46)47)28-24-26(58(48,49)50)12-14-31(28)40(20-22-55-4)32(37)8-5-9-33-38(2,18-21-54-3)29-25-27(59(51,52)53)11-13-30(29)39(33)19-6-10-36(44)56-41-34(42)15-16-35(41)43/h5,8-9,11-14,24-25H,6-7,10,15-23H2,1-4H3,(H2-,45,46,47,48,49,50,51,52,53)/p-2. The number of hydrogen-bond acceptors (Lipinski definition) is 16. The van der Waals surface area contributed by atoms with E-state index in [9.17, 15) is 53.3 Å². The number of carbonyl (C=O) groups is 3. The topological polar surface area (TPSA) is 260 Å². The number of benzene rings is 2. The Kier molecular flexibility index (Phi) is 13.7. The fraction of sp³-hybridized carbons (Fsp3) is 0.474. The first-order chi connectivity index (χ1) is 27.5. The van der Waals surface area contributed by atoms with Gasteiger partial charge in [-0.3, -0.25) is 9.59 Å². The molecule has 1 saturated heterocycles. The summed E-state index contributed by atoms with van der Waals surface area (Å²) in [5.74, 6) is -2.77. The lowest BCUT2D eigenvalue weighted by Crippen LogP contribution is -2.33. The predicted molar refractivity (Wildman–Crippen MR) is 206 cm³/mol. The van der Waals surface area contributed by atoms with Crippen LogP contribution >= 0.6 is 0 Å². The summed E-state index contributed by atoms with van der Waals surface area (Å²) in [6, 6.07) is 7.90. The molecule has 3 heterocycles. The second-order valence-electron chi connectivity index (χ2n) is 14.8. The average Bonchev–Trinajstić information content (AvgIpc) is 3.68. The largest absolute Gasteiger partial charge is 0.748 e. The maximum Gasteiger partial charge on any atom is 0.333 e. The van der Waals surface area contributed by atoms with Crippen molar-refractivity contribution in [2.24, 2.45) is 0 Å². The van der Waals surface area contributed by atoms with Crippen LogP contribution in [0.1, 0.15) is 69.9 Å². The van der Waals surface area contributed by atoms with E-state index >= 15 is 0 Å². The Bertz CT molecular complexity index is 2430. The fourth-order valence-corrected chi connectivity index (χ4v) is 9.38. The molecule has 0 saturated carbocycles. The van der Waals surface area contributed by atoms with Crippen molar-refractivity contribution in [1.29, 1.82) is 0 Å². The van der Waals surface area contributed by atoms with Crippen LogP contribution < -0.4 is 4.90 Å². The number of anilines is 1. The van der Waals surface area contributed by atoms with Crippen molar-refractivity contribution in [3.8, 4) is 0 Å². The van der Waals surface area contributed by atoms with Crippen LogP contribution in [-0.2, 0) is 69.9 Å². The van der Waals surface area contributed by atoms with Crippen LogP contribution in [0.15, 0.2) is 70.1 Å². The molecule has 0 radical (unpaired) electrons. The van der Waals surface area contributed by atoms with Crippen LogP contribution in [0.2, 0.25) is 0 Å². The zero-order chi connectivity index (χ0) is 43.6. The smallest absolute Gasteiger partial charge is 0.333 e. The molecule has 0 N–H and O–H groups in total. The van der Waals surface area contributed by atoms with Gasteiger partial charge in [-0.15, -0.1) is 5.06 Å². The van der Waals surface area contributed by atoms with Crippen molar-refractivity contribution in [3.05, 3.63) is 71.5 Å². The number of rotatable bonds is 19. The van der Waals surface area contributed by atoms with E-state index in [0.717, 1.165) is 0 Å². The van der Waals surface area contributed by atoms with Gasteiger partial charge in [0.25, 0.3) is 11.8 Å². The molecule has 0 spiro atoms. The van der Waals surface area contributed by atoms with Crippen molar-refractivity contribution in [2.75, 3.05) is 51.2 Å². The lowest BCUT2D eigenvalue weighted by molar-refractivity contribution is -0.441. The Morgan fingerprint density at radius 2 is 1.44 bits per heavy atom. The molecule has 18 nitrogen and oxygen atoms in total. The Morgan fingerprint density at radius 1 is 0.831 bits per heavy atom. The summed E-state index contributed by atoms with van der Waals surface area (Å²) < 4.78 is 121. The van der Waals surface area contributed by atoms with Gasteiger partial charge < -0.3 is 32.9 Å². The van der Waals surface area contributed by atoms with Crippen LogP contribution in [0.4, 0.5) is 11.4 Å². The van der Waals surface area contributed by atoms with E-state index < -0.39 is 74.5 Å². The summed E-state index contributed by atoms with van der Waals surface area (Å²) in [4.78, 5) is 42.7. The normalized spacial score (nSPS) is 21.6. The molecule has 0 bridgehead atoms. The number of allylic oxidation sites excluding steroid dienone is 4. The van der Waals surface area contributed by atoms with E-state index in [1.165, 1.54) is 50.6 Å². The van der Waals surface area contributed by atoms with Crippen LogP contribution in [0, 0.1) is 0 Å². The minimum Gasteiger partial charge on any atom is -0.748 e. The van der Waals surface area contributed by atoms with Gasteiger partial charge in [0.2, 0.25) is 5.69 Å². The average molecular weight is 880 g/mol. The molecule has 0 aliphatic carbocycles. The van der Waals surface area contributed by atoms with E-state index in [4.69, 9.17) is 14.3 Å². The van der Waals surface area contributed by atoms with Gasteiger partial charge in [-0.05, 0) is 81.5 Å². The molecule has 3 aliphatic rings. The van der Waals surface area contributed by atoms with Gasteiger partial charge in [-0.1, -0.05) is 6.08 Å². The highest BCUT2D eigenvalue weighted by Crippen LogP contribution is 2.51. The summed E-state index contributed by atoms with van der Waals surface area (Å²) in [5, 5.41) is 0.457. The first-order valence-corrected chi connectivity index (χ1v) is 22.9. The van der Waals surface area contributed by atoms with Crippen molar-refractivity contribution < 1.29 is 72.2 Å². The first-order valence-electron chi connectivity index (χ1n) is 18.6. The van der Waals surface area contributed by atoms with Crippen LogP contribution in [0.25, 0.3) is 0 Å². The predicted octanol–water partition coefficient (Wildman–Crippen LogP) is 2.46. The molecule has 21 heteroatoms. The van der Waals surface area contributed by atoms with Crippen molar-refractivity contribution >= 4 is 65.2 Å². The lowest BCUT2D eigenvalue weighted by Gasteiger charge is -2.30. The first kappa shape index (κ1) is 45.7. The molecule has 2 amide bonds. The Labute approximate surface area is 343 Å². The van der Waals surface area contributed by atoms with Crippen molar-refractivity contribution in [3.63, 3.8) is 0 Å². The van der Waals surface area contributed by atoms with Crippen molar-refractivity contribution in [2.45, 2.75) is 79.4 Å². The number of amides is 2. The molecular formula is C38H45N3O15S3-2.